The molecule has 0 saturated heterocycles. The Morgan fingerprint density at radius 2 is 1.54 bits per heavy atom. The van der Waals surface area contributed by atoms with Crippen LogP contribution in [-0.2, 0) is 20.9 Å². The normalized spacial score (nSPS) is 21.6. The Bertz CT molecular complexity index is 2370. The number of carbonyl (C=O) groups is 2. The predicted molar refractivity (Wildman–Crippen MR) is 282 cm³/mol. The van der Waals surface area contributed by atoms with Crippen LogP contribution in [0.15, 0.2) is 84.1 Å². The highest BCUT2D eigenvalue weighted by molar-refractivity contribution is 6.03. The Balaban J connectivity index is 1.30. The fourth-order valence-corrected chi connectivity index (χ4v) is 11.3. The zero-order chi connectivity index (χ0) is 52.3. The third-order valence-electron chi connectivity index (χ3n) is 14.8. The van der Waals surface area contributed by atoms with Crippen LogP contribution in [0.2, 0.25) is 0 Å². The maximum Gasteiger partial charge on any atom is 0.417 e. The van der Waals surface area contributed by atoms with Crippen LogP contribution in [0.3, 0.4) is 0 Å². The van der Waals surface area contributed by atoms with Crippen LogP contribution in [0.1, 0.15) is 133 Å². The molecule has 1 saturated carbocycles. The average molecular weight is 1030 g/mol. The topological polar surface area (TPSA) is 185 Å². The van der Waals surface area contributed by atoms with Gasteiger partial charge in [0.15, 0.2) is 11.5 Å². The van der Waals surface area contributed by atoms with E-state index in [-0.39, 0.29) is 69.7 Å². The zero-order valence-electron chi connectivity index (χ0n) is 44.0. The number of carbonyl (C=O) groups excluding carboxylic acids is 2. The number of methoxy groups -OCH3 is 2. The fraction of sp³-hybridized carbons (Fsp3) is 0.569. The molecule has 0 unspecified atom stereocenters. The minimum absolute atomic E-state index is 0.00989. The van der Waals surface area contributed by atoms with Gasteiger partial charge in [0.05, 0.1) is 44.8 Å². The number of ether oxygens (including phenoxy) is 8. The summed E-state index contributed by atoms with van der Waals surface area (Å²) in [4.78, 5) is 36.2. The standard InChI is InChI=1S/C58H79N3O13/c1-6-8-9-10-11-12-13-14-15-20-32-69-57(65)61(38-40-23-27-50-52(33-40)71-39-70-50)53-37-48(60-68-5)45-34-41(21-16-18-29-62)44(22-17-19-30-63)54-46-35-43(25-28-49(46)74-58(53,55(45)54)72-31-7-2)73-56(64)59-47-26-24-42(66-3)36-51(47)67-4/h7,23-28,33-36,41,44,53-55,62-63H,2,6,8-22,29-32,37-39H2,1,3-5H3,(H,59,64)/t41-,44+,53-,54+,55+,58+/m0/s1. The molecule has 2 heterocycles. The summed E-state index contributed by atoms with van der Waals surface area (Å²) in [7, 11) is 4.57. The lowest BCUT2D eigenvalue weighted by Crippen LogP contribution is -2.70. The van der Waals surface area contributed by atoms with Gasteiger partial charge in [0.2, 0.25) is 12.6 Å². The van der Waals surface area contributed by atoms with Gasteiger partial charge in [-0.25, -0.2) is 9.59 Å². The van der Waals surface area contributed by atoms with Crippen molar-refractivity contribution in [3.05, 3.63) is 90.0 Å². The summed E-state index contributed by atoms with van der Waals surface area (Å²) in [5.74, 6) is 0.346. The lowest BCUT2D eigenvalue weighted by molar-refractivity contribution is -0.256. The number of allylic oxidation sites excluding steroid dienone is 1. The van der Waals surface area contributed by atoms with E-state index in [1.54, 1.807) is 48.4 Å². The molecule has 1 fully saturated rings. The van der Waals surface area contributed by atoms with E-state index in [4.69, 9.17) is 47.9 Å². The number of benzene rings is 3. The fourth-order valence-electron chi connectivity index (χ4n) is 11.3. The number of anilines is 1. The molecule has 7 rings (SSSR count). The molecule has 3 aromatic carbocycles. The van der Waals surface area contributed by atoms with E-state index in [1.807, 2.05) is 24.3 Å². The van der Waals surface area contributed by atoms with Gasteiger partial charge in [-0.3, -0.25) is 10.2 Å². The molecule has 2 aliphatic heterocycles. The number of fused-ring (bicyclic) bond motifs is 3. The molecular formula is C58H79N3O13. The maximum absolute atomic E-state index is 15.1. The van der Waals surface area contributed by atoms with Crippen LogP contribution in [0.25, 0.3) is 0 Å². The molecule has 0 spiro atoms. The van der Waals surface area contributed by atoms with Crippen molar-refractivity contribution in [2.45, 2.75) is 140 Å². The van der Waals surface area contributed by atoms with E-state index in [0.29, 0.717) is 53.0 Å². The van der Waals surface area contributed by atoms with Crippen molar-refractivity contribution < 1.29 is 62.5 Å². The third kappa shape index (κ3) is 13.6. The van der Waals surface area contributed by atoms with Crippen molar-refractivity contribution in [2.24, 2.45) is 22.9 Å². The van der Waals surface area contributed by atoms with Crippen LogP contribution in [-0.4, -0.2) is 99.4 Å². The van der Waals surface area contributed by atoms with E-state index in [2.05, 4.69) is 24.9 Å². The van der Waals surface area contributed by atoms with Gasteiger partial charge in [-0.2, -0.15) is 0 Å². The van der Waals surface area contributed by atoms with Gasteiger partial charge < -0.3 is 52.9 Å². The SMILES string of the molecule is C=CCO[C@@]12Oc3ccc(OC(=O)Nc4ccc(OC)cc4OC)cc3[C@H]3[C@H](CCCCO)[C@@H](CCCCO)C=C(C(=NOC)C[C@@H]1N(Cc1ccc4c(c1)OCO4)C(=O)OCCCCCCCCCCCC)[C@H]32. The molecule has 6 atom stereocenters. The van der Waals surface area contributed by atoms with E-state index in [0.717, 1.165) is 68.1 Å². The van der Waals surface area contributed by atoms with Gasteiger partial charge in [-0.05, 0) is 97.5 Å². The van der Waals surface area contributed by atoms with Crippen LogP contribution in [0.4, 0.5) is 15.3 Å². The molecule has 0 aromatic heterocycles. The second-order valence-corrected chi connectivity index (χ2v) is 19.6. The van der Waals surface area contributed by atoms with Gasteiger partial charge in [-0.1, -0.05) is 101 Å². The number of nitrogens with one attached hydrogen (secondary N) is 1. The van der Waals surface area contributed by atoms with Crippen molar-refractivity contribution in [3.8, 4) is 34.5 Å². The number of hydrogen-bond acceptors (Lipinski definition) is 14. The summed E-state index contributed by atoms with van der Waals surface area (Å²) >= 11 is 0. The Labute approximate surface area is 437 Å². The highest BCUT2D eigenvalue weighted by Gasteiger charge is 2.66. The van der Waals surface area contributed by atoms with Crippen molar-refractivity contribution in [2.75, 3.05) is 59.9 Å². The highest BCUT2D eigenvalue weighted by Crippen LogP contribution is 2.62. The van der Waals surface area contributed by atoms with Crippen LogP contribution < -0.4 is 33.7 Å². The van der Waals surface area contributed by atoms with Gasteiger partial charge in [0, 0.05) is 43.7 Å². The summed E-state index contributed by atoms with van der Waals surface area (Å²) in [5.41, 5.74) is 3.47. The Hall–Kier alpha value is -5.97. The molecule has 74 heavy (non-hydrogen) atoms. The van der Waals surface area contributed by atoms with E-state index in [1.165, 1.54) is 52.7 Å². The second-order valence-electron chi connectivity index (χ2n) is 19.6. The molecule has 2 amide bonds. The molecule has 404 valence electrons. The van der Waals surface area contributed by atoms with Crippen LogP contribution in [0.5, 0.6) is 34.5 Å². The molecule has 3 N–H and O–H groups in total. The van der Waals surface area contributed by atoms with Gasteiger partial charge in [0.25, 0.3) is 0 Å². The third-order valence-corrected chi connectivity index (χ3v) is 14.8. The van der Waals surface area contributed by atoms with Gasteiger partial charge in [-0.15, -0.1) is 6.58 Å². The first-order valence-electron chi connectivity index (χ1n) is 26.9. The summed E-state index contributed by atoms with van der Waals surface area (Å²) in [6.45, 7) is 6.93. The summed E-state index contributed by atoms with van der Waals surface area (Å²) in [5, 5.41) is 27.6. The van der Waals surface area contributed by atoms with Crippen molar-refractivity contribution in [1.82, 2.24) is 4.90 Å². The van der Waals surface area contributed by atoms with E-state index in [9.17, 15) is 15.0 Å². The minimum Gasteiger partial charge on any atom is -0.497 e. The molecule has 0 bridgehead atoms. The van der Waals surface area contributed by atoms with Crippen LogP contribution in [0, 0.1) is 17.8 Å². The van der Waals surface area contributed by atoms with E-state index < -0.39 is 29.9 Å². The predicted octanol–water partition coefficient (Wildman–Crippen LogP) is 11.9. The minimum atomic E-state index is -1.55. The number of aliphatic hydroxyl groups excluding tert-OH is 2. The average Bonchev–Trinajstić information content (AvgIpc) is 3.92. The number of hydrogen-bond donors (Lipinski definition) is 3. The number of aliphatic hydroxyl groups is 2. The van der Waals surface area contributed by atoms with E-state index >= 15 is 4.79 Å². The van der Waals surface area contributed by atoms with Crippen molar-refractivity contribution in [3.63, 3.8) is 0 Å². The smallest absolute Gasteiger partial charge is 0.417 e. The molecule has 16 heteroatoms. The molecular weight excluding hydrogens is 947 g/mol. The molecule has 16 nitrogen and oxygen atoms in total. The Morgan fingerprint density at radius 1 is 0.824 bits per heavy atom. The lowest BCUT2D eigenvalue weighted by Gasteiger charge is -2.59. The molecule has 0 radical (unpaired) electrons. The maximum atomic E-state index is 15.1. The van der Waals surface area contributed by atoms with Crippen LogP contribution >= 0.6 is 0 Å². The lowest BCUT2D eigenvalue weighted by atomic mass is 9.55. The first-order chi connectivity index (χ1) is 36.2. The largest absolute Gasteiger partial charge is 0.497 e. The first kappa shape index (κ1) is 55.8. The number of nitrogens with zero attached hydrogens (tertiary/aromatic N) is 2. The number of rotatable bonds is 30. The van der Waals surface area contributed by atoms with Gasteiger partial charge in [0.1, 0.15) is 36.1 Å². The zero-order valence-corrected chi connectivity index (χ0v) is 44.0. The molecule has 2 aliphatic carbocycles. The quantitative estimate of drug-likeness (QED) is 0.0326. The summed E-state index contributed by atoms with van der Waals surface area (Å²) in [6, 6.07) is 15.2. The first-order valence-corrected chi connectivity index (χ1v) is 26.9. The Morgan fingerprint density at radius 3 is 2.26 bits per heavy atom. The number of unbranched alkanes of at least 4 members (excludes halogenated alkanes) is 11. The summed E-state index contributed by atoms with van der Waals surface area (Å²) in [6.07, 6.45) is 18.6. The monoisotopic (exact) mass is 1030 g/mol. The second kappa shape index (κ2) is 28.1. The number of amides is 2. The van der Waals surface area contributed by atoms with Crippen molar-refractivity contribution in [1.29, 1.82) is 0 Å². The Kier molecular flexibility index (Phi) is 21.2. The number of oxime groups is 1. The highest BCUT2D eigenvalue weighted by atomic mass is 16.7. The molecule has 3 aromatic rings. The van der Waals surface area contributed by atoms with Gasteiger partial charge >= 0.3 is 12.2 Å². The molecule has 4 aliphatic rings. The van der Waals surface area contributed by atoms with Crippen molar-refractivity contribution >= 4 is 23.6 Å². The summed E-state index contributed by atoms with van der Waals surface area (Å²) < 4.78 is 49.2.